The first-order valence-electron chi connectivity index (χ1n) is 6.70. The molecule has 8 heteroatoms. The molecule has 0 bridgehead atoms. The van der Waals surface area contributed by atoms with Gasteiger partial charge in [0.05, 0.1) is 0 Å². The molecule has 1 fully saturated rings. The highest BCUT2D eigenvalue weighted by Crippen LogP contribution is 2.26. The topological polar surface area (TPSA) is 27.3 Å². The fraction of sp³-hybridized carbons (Fsp3) is 0.538. The van der Waals surface area contributed by atoms with Gasteiger partial charge in [-0.2, -0.15) is 0 Å². The van der Waals surface area contributed by atoms with Crippen LogP contribution in [0.25, 0.3) is 0 Å². The monoisotopic (exact) mass is 309 g/mol. The maximum Gasteiger partial charge on any atom is 0.200 e. The summed E-state index contributed by atoms with van der Waals surface area (Å²) in [6.45, 7) is 4.34. The molecule has 0 saturated carbocycles. The second-order valence-electron chi connectivity index (χ2n) is 4.82. The molecule has 2 rings (SSSR count). The number of piperazine rings is 1. The number of hydrogen-bond donors (Lipinski definition) is 2. The third-order valence-corrected chi connectivity index (χ3v) is 3.37. The number of hydrogen-bond acceptors (Lipinski definition) is 3. The summed E-state index contributed by atoms with van der Waals surface area (Å²) in [5.41, 5.74) is -0.966. The highest BCUT2D eigenvalue weighted by molar-refractivity contribution is 5.47. The van der Waals surface area contributed by atoms with Gasteiger partial charge < -0.3 is 15.5 Å². The van der Waals surface area contributed by atoms with E-state index in [9.17, 15) is 22.0 Å². The van der Waals surface area contributed by atoms with Gasteiger partial charge in [0.2, 0.25) is 5.82 Å². The molecule has 1 aliphatic heterocycles. The quantitative estimate of drug-likeness (QED) is 0.377. The fourth-order valence-corrected chi connectivity index (χ4v) is 2.21. The molecule has 0 aliphatic carbocycles. The Kier molecular flexibility index (Phi) is 5.35. The average Bonchev–Trinajstić information content (AvgIpc) is 2.51. The maximum atomic E-state index is 13.4. The van der Waals surface area contributed by atoms with Gasteiger partial charge in [0.15, 0.2) is 23.3 Å². The first-order valence-corrected chi connectivity index (χ1v) is 6.70. The molecule has 3 nitrogen and oxygen atoms in total. The van der Waals surface area contributed by atoms with Gasteiger partial charge in [-0.25, -0.2) is 22.0 Å². The van der Waals surface area contributed by atoms with E-state index in [2.05, 4.69) is 15.5 Å². The Labute approximate surface area is 119 Å². The zero-order valence-electron chi connectivity index (χ0n) is 11.3. The molecule has 2 N–H and O–H groups in total. The van der Waals surface area contributed by atoms with Crippen molar-refractivity contribution in [1.29, 1.82) is 0 Å². The number of nitrogens with zero attached hydrogens (tertiary/aromatic N) is 1. The van der Waals surface area contributed by atoms with E-state index < -0.39 is 34.8 Å². The van der Waals surface area contributed by atoms with Gasteiger partial charge in [-0.3, -0.25) is 0 Å². The summed E-state index contributed by atoms with van der Waals surface area (Å²) in [5, 5.41) is 5.48. The van der Waals surface area contributed by atoms with Gasteiger partial charge in [0.25, 0.3) is 0 Å². The third-order valence-electron chi connectivity index (χ3n) is 3.37. The van der Waals surface area contributed by atoms with Crippen molar-refractivity contribution in [3.8, 4) is 0 Å². The highest BCUT2D eigenvalue weighted by Gasteiger charge is 2.25. The Bertz CT molecular complexity index is 474. The number of benzene rings is 1. The van der Waals surface area contributed by atoms with Gasteiger partial charge in [-0.15, -0.1) is 0 Å². The summed E-state index contributed by atoms with van der Waals surface area (Å²) in [5.74, 6) is -9.66. The lowest BCUT2D eigenvalue weighted by atomic mass is 10.2. The molecule has 0 unspecified atom stereocenters. The van der Waals surface area contributed by atoms with Crippen molar-refractivity contribution in [2.24, 2.45) is 0 Å². The molecule has 1 heterocycles. The highest BCUT2D eigenvalue weighted by atomic mass is 19.2. The number of halogens is 5. The predicted octanol–water partition coefficient (Wildman–Crippen LogP) is 2.09. The van der Waals surface area contributed by atoms with E-state index in [4.69, 9.17) is 0 Å². The standard InChI is InChI=1S/C13H16F5N3/c14-8-9(15)11(17)13(12(18)10(8)16)20-2-1-5-21-6-3-19-4-7-21/h19-20H,1-7H2. The number of anilines is 1. The lowest BCUT2D eigenvalue weighted by Crippen LogP contribution is -2.44. The molecule has 0 atom stereocenters. The lowest BCUT2D eigenvalue weighted by Gasteiger charge is -2.27. The molecule has 1 saturated heterocycles. The van der Waals surface area contributed by atoms with Gasteiger partial charge in [0, 0.05) is 32.7 Å². The zero-order chi connectivity index (χ0) is 15.4. The zero-order valence-corrected chi connectivity index (χ0v) is 11.3. The van der Waals surface area contributed by atoms with Gasteiger partial charge in [-0.05, 0) is 13.0 Å². The van der Waals surface area contributed by atoms with E-state index >= 15 is 0 Å². The minimum absolute atomic E-state index is 0.127. The SMILES string of the molecule is Fc1c(F)c(F)c(NCCCN2CCNCC2)c(F)c1F. The molecule has 0 aromatic heterocycles. The van der Waals surface area contributed by atoms with E-state index in [0.717, 1.165) is 26.2 Å². The van der Waals surface area contributed by atoms with Gasteiger partial charge in [-0.1, -0.05) is 0 Å². The molecule has 0 radical (unpaired) electrons. The van der Waals surface area contributed by atoms with E-state index in [1.54, 1.807) is 0 Å². The predicted molar refractivity (Wildman–Crippen MR) is 68.6 cm³/mol. The van der Waals surface area contributed by atoms with Crippen LogP contribution in [0.2, 0.25) is 0 Å². The first-order chi connectivity index (χ1) is 10.0. The van der Waals surface area contributed by atoms with Crippen molar-refractivity contribution in [2.45, 2.75) is 6.42 Å². The van der Waals surface area contributed by atoms with Crippen LogP contribution in [-0.2, 0) is 0 Å². The summed E-state index contributed by atoms with van der Waals surface area (Å²) in [4.78, 5) is 2.16. The van der Waals surface area contributed by atoms with Crippen molar-refractivity contribution >= 4 is 5.69 Å². The van der Waals surface area contributed by atoms with Crippen molar-refractivity contribution < 1.29 is 22.0 Å². The molecule has 0 spiro atoms. The molecular formula is C13H16F5N3. The van der Waals surface area contributed by atoms with E-state index in [-0.39, 0.29) is 6.54 Å². The van der Waals surface area contributed by atoms with Crippen LogP contribution >= 0.6 is 0 Å². The normalized spacial score (nSPS) is 16.2. The molecule has 21 heavy (non-hydrogen) atoms. The van der Waals surface area contributed by atoms with Crippen LogP contribution in [0.15, 0.2) is 0 Å². The summed E-state index contributed by atoms with van der Waals surface area (Å²) in [7, 11) is 0. The Balaban J connectivity index is 1.91. The van der Waals surface area contributed by atoms with Crippen molar-refractivity contribution in [3.63, 3.8) is 0 Å². The van der Waals surface area contributed by atoms with Crippen molar-refractivity contribution in [2.75, 3.05) is 44.6 Å². The maximum absolute atomic E-state index is 13.4. The largest absolute Gasteiger partial charge is 0.380 e. The second-order valence-corrected chi connectivity index (χ2v) is 4.82. The van der Waals surface area contributed by atoms with Crippen LogP contribution in [0.3, 0.4) is 0 Å². The number of rotatable bonds is 5. The van der Waals surface area contributed by atoms with Gasteiger partial charge in [0.1, 0.15) is 5.69 Å². The fourth-order valence-electron chi connectivity index (χ4n) is 2.21. The molecule has 0 amide bonds. The number of nitrogens with one attached hydrogen (secondary N) is 2. The van der Waals surface area contributed by atoms with E-state index in [1.165, 1.54) is 0 Å². The van der Waals surface area contributed by atoms with Crippen LogP contribution in [0.4, 0.5) is 27.6 Å². The third kappa shape index (κ3) is 3.62. The molecular weight excluding hydrogens is 293 g/mol. The van der Waals surface area contributed by atoms with Crippen LogP contribution in [0, 0.1) is 29.1 Å². The Morgan fingerprint density at radius 2 is 1.38 bits per heavy atom. The second kappa shape index (κ2) is 7.04. The van der Waals surface area contributed by atoms with Crippen LogP contribution < -0.4 is 10.6 Å². The first kappa shape index (κ1) is 16.0. The molecule has 118 valence electrons. The minimum atomic E-state index is -2.14. The van der Waals surface area contributed by atoms with E-state index in [0.29, 0.717) is 13.0 Å². The lowest BCUT2D eigenvalue weighted by molar-refractivity contribution is 0.240. The summed E-state index contributed by atoms with van der Waals surface area (Å²) in [6.07, 6.45) is 0.541. The van der Waals surface area contributed by atoms with Crippen LogP contribution in [0.5, 0.6) is 0 Å². The molecule has 1 aliphatic rings. The van der Waals surface area contributed by atoms with Crippen molar-refractivity contribution in [1.82, 2.24) is 10.2 Å². The summed E-state index contributed by atoms with van der Waals surface area (Å²) >= 11 is 0. The van der Waals surface area contributed by atoms with Crippen LogP contribution in [-0.4, -0.2) is 44.2 Å². The van der Waals surface area contributed by atoms with Gasteiger partial charge >= 0.3 is 0 Å². The summed E-state index contributed by atoms with van der Waals surface area (Å²) < 4.78 is 65.6. The van der Waals surface area contributed by atoms with Crippen LogP contribution in [0.1, 0.15) is 6.42 Å². The van der Waals surface area contributed by atoms with Crippen molar-refractivity contribution in [3.05, 3.63) is 29.1 Å². The Morgan fingerprint density at radius 1 is 0.857 bits per heavy atom. The average molecular weight is 309 g/mol. The smallest absolute Gasteiger partial charge is 0.200 e. The summed E-state index contributed by atoms with van der Waals surface area (Å²) in [6, 6.07) is 0. The Morgan fingerprint density at radius 3 is 1.95 bits per heavy atom. The Hall–Kier alpha value is -1.41. The van der Waals surface area contributed by atoms with E-state index in [1.807, 2.05) is 0 Å². The molecule has 1 aromatic carbocycles. The minimum Gasteiger partial charge on any atom is -0.380 e. The molecule has 1 aromatic rings.